The fraction of sp³-hybridized carbons (Fsp3) is 0.455. The molecule has 10 nitrogen and oxygen atoms in total. The van der Waals surface area contributed by atoms with Gasteiger partial charge in [-0.15, -0.1) is 0 Å². The third-order valence-corrected chi connectivity index (χ3v) is 11.2. The molecule has 1 atom stereocenters. The number of rotatable bonds is 14. The molecule has 0 fully saturated rings. The van der Waals surface area contributed by atoms with Crippen LogP contribution in [0.4, 0.5) is 0 Å². The lowest BCUT2D eigenvalue weighted by Gasteiger charge is -2.19. The van der Waals surface area contributed by atoms with E-state index in [-0.39, 0.29) is 31.1 Å². The van der Waals surface area contributed by atoms with Crippen molar-refractivity contribution in [2.24, 2.45) is 9.98 Å². The first-order valence-corrected chi connectivity index (χ1v) is 19.5. The number of aromatic amines is 2. The van der Waals surface area contributed by atoms with E-state index in [9.17, 15) is 19.8 Å². The zero-order valence-corrected chi connectivity index (χ0v) is 33.4. The predicted molar refractivity (Wildman–Crippen MR) is 221 cm³/mol. The molecule has 3 aliphatic heterocycles. The molecule has 0 radical (unpaired) electrons. The minimum absolute atomic E-state index is 0.0703. The lowest BCUT2D eigenvalue weighted by atomic mass is 9.94. The quantitative estimate of drug-likeness (QED) is 0.211. The van der Waals surface area contributed by atoms with Gasteiger partial charge in [0, 0.05) is 78.7 Å². The van der Waals surface area contributed by atoms with Gasteiger partial charge >= 0.3 is 0 Å². The summed E-state index contributed by atoms with van der Waals surface area (Å²) in [6.07, 6.45) is 16.1. The highest BCUT2D eigenvalue weighted by molar-refractivity contribution is 6.24. The summed E-state index contributed by atoms with van der Waals surface area (Å²) < 4.78 is 0. The number of fused-ring (bicyclic) bond motifs is 6. The van der Waals surface area contributed by atoms with E-state index < -0.39 is 0 Å². The summed E-state index contributed by atoms with van der Waals surface area (Å²) in [4.78, 5) is 48.2. The standard InChI is InChI=1S/C44H58N6O4/c1-9-49(10-2)43(53)19-17-33-29(7)36-23-35-27(5)31(15-13-21-51)39(45-35)24-37-28(6)32(16-14-22-52)40(47-37)25-38-30(8)34(42(48-38)26-41(33)46-36)18-20-44(54)50(11-3)12-4/h13-16,24-26,36,45,47,51-52H,9-12,17-23H2,1-8H3/b15-13+,16-14+,37-24-,40-25-,42-26?. The molecule has 54 heavy (non-hydrogen) atoms. The number of hydrogen-bond acceptors (Lipinski definition) is 6. The van der Waals surface area contributed by atoms with Gasteiger partial charge in [-0.1, -0.05) is 24.3 Å². The number of carbonyl (C=O) groups excluding carboxylic acids is 2. The average Bonchev–Trinajstić information content (AvgIpc) is 3.82. The summed E-state index contributed by atoms with van der Waals surface area (Å²) in [7, 11) is 0. The zero-order valence-electron chi connectivity index (χ0n) is 33.4. The predicted octanol–water partition coefficient (Wildman–Crippen LogP) is 5.23. The number of nitrogens with one attached hydrogen (secondary N) is 2. The molecular weight excluding hydrogens is 677 g/mol. The Hall–Kier alpha value is -4.80. The molecule has 0 saturated heterocycles. The number of aromatic nitrogens is 2. The van der Waals surface area contributed by atoms with Gasteiger partial charge in [0.1, 0.15) is 0 Å². The molecule has 3 aliphatic rings. The van der Waals surface area contributed by atoms with E-state index in [0.717, 1.165) is 83.8 Å². The minimum atomic E-state index is -0.147. The Labute approximate surface area is 319 Å². The smallest absolute Gasteiger partial charge is 0.222 e. The van der Waals surface area contributed by atoms with Gasteiger partial charge in [-0.05, 0) is 120 Å². The average molecular weight is 735 g/mol. The lowest BCUT2D eigenvalue weighted by Crippen LogP contribution is -2.30. The van der Waals surface area contributed by atoms with E-state index >= 15 is 0 Å². The Morgan fingerprint density at radius 3 is 1.94 bits per heavy atom. The fourth-order valence-electron chi connectivity index (χ4n) is 7.82. The van der Waals surface area contributed by atoms with Gasteiger partial charge in [0.05, 0.1) is 36.4 Å². The van der Waals surface area contributed by atoms with Crippen molar-refractivity contribution in [1.29, 1.82) is 0 Å². The van der Waals surface area contributed by atoms with Crippen LogP contribution in [0, 0.1) is 13.8 Å². The summed E-state index contributed by atoms with van der Waals surface area (Å²) >= 11 is 0. The number of amides is 2. The number of hydrogen-bond donors (Lipinski definition) is 4. The molecule has 2 amide bonds. The maximum Gasteiger partial charge on any atom is 0.222 e. The van der Waals surface area contributed by atoms with Gasteiger partial charge in [0.2, 0.25) is 11.8 Å². The highest BCUT2D eigenvalue weighted by Gasteiger charge is 2.29. The zero-order chi connectivity index (χ0) is 39.1. The van der Waals surface area contributed by atoms with Crippen LogP contribution < -0.4 is 10.7 Å². The third kappa shape index (κ3) is 8.45. The number of aliphatic imine (C=N–C) groups is 2. The maximum atomic E-state index is 13.3. The highest BCUT2D eigenvalue weighted by atomic mass is 16.3. The van der Waals surface area contributed by atoms with Crippen LogP contribution in [0.1, 0.15) is 101 Å². The van der Waals surface area contributed by atoms with Crippen LogP contribution in [0.5, 0.6) is 0 Å². The molecule has 2 aromatic rings. The number of aliphatic hydroxyl groups is 2. The van der Waals surface area contributed by atoms with Crippen molar-refractivity contribution in [2.75, 3.05) is 39.4 Å². The summed E-state index contributed by atoms with van der Waals surface area (Å²) in [5.41, 5.74) is 12.7. The molecule has 0 saturated carbocycles. The van der Waals surface area contributed by atoms with Crippen molar-refractivity contribution in [3.8, 4) is 0 Å². The van der Waals surface area contributed by atoms with Crippen LogP contribution in [0.15, 0.2) is 56.2 Å². The van der Waals surface area contributed by atoms with Crippen LogP contribution in [0.2, 0.25) is 0 Å². The van der Waals surface area contributed by atoms with Crippen LogP contribution in [0.25, 0.3) is 24.3 Å². The van der Waals surface area contributed by atoms with Gasteiger partial charge < -0.3 is 30.0 Å². The molecule has 0 aromatic carbocycles. The van der Waals surface area contributed by atoms with Gasteiger partial charge in [-0.25, -0.2) is 4.99 Å². The Kier molecular flexibility index (Phi) is 13.5. The van der Waals surface area contributed by atoms with Crippen LogP contribution in [-0.2, 0) is 16.0 Å². The van der Waals surface area contributed by atoms with E-state index in [2.05, 4.69) is 55.9 Å². The first kappa shape index (κ1) is 40.4. The van der Waals surface area contributed by atoms with Gasteiger partial charge in [-0.3, -0.25) is 14.6 Å². The minimum Gasteiger partial charge on any atom is -0.392 e. The van der Waals surface area contributed by atoms with Crippen molar-refractivity contribution in [2.45, 2.75) is 93.5 Å². The molecule has 1 unspecified atom stereocenters. The van der Waals surface area contributed by atoms with E-state index in [1.165, 1.54) is 0 Å². The topological polar surface area (TPSA) is 137 Å². The fourth-order valence-corrected chi connectivity index (χ4v) is 7.82. The highest BCUT2D eigenvalue weighted by Crippen LogP contribution is 2.35. The van der Waals surface area contributed by atoms with E-state index in [0.29, 0.717) is 58.3 Å². The van der Waals surface area contributed by atoms with Crippen LogP contribution >= 0.6 is 0 Å². The normalized spacial score (nSPS) is 18.2. The van der Waals surface area contributed by atoms with Crippen LogP contribution in [-0.4, -0.2) is 98.7 Å². The van der Waals surface area contributed by atoms with Gasteiger partial charge in [-0.2, -0.15) is 0 Å². The molecule has 4 N–H and O–H groups in total. The van der Waals surface area contributed by atoms with Gasteiger partial charge in [0.15, 0.2) is 0 Å². The molecule has 0 spiro atoms. The number of aliphatic hydroxyl groups excluding tert-OH is 2. The first-order chi connectivity index (χ1) is 26.0. The second kappa shape index (κ2) is 18.0. The first-order valence-electron chi connectivity index (χ1n) is 19.5. The van der Waals surface area contributed by atoms with Crippen molar-refractivity contribution in [1.82, 2.24) is 19.8 Å². The van der Waals surface area contributed by atoms with E-state index in [4.69, 9.17) is 9.98 Å². The van der Waals surface area contributed by atoms with E-state index in [1.54, 1.807) is 12.2 Å². The largest absolute Gasteiger partial charge is 0.392 e. The van der Waals surface area contributed by atoms with Gasteiger partial charge in [0.25, 0.3) is 0 Å². The SMILES string of the molecule is CCN(CC)C(=O)CCC1=C(C)C2=NC1=CC1=NC(Cc3[nH]c(c(/C=C/CO)c3C)/C=c3\[nH]/c(c(/C=C/CO)c3C)=C\2)C(C)=C1CCC(=O)N(CC)CC. The molecular formula is C44H58N6O4. The molecule has 0 aliphatic carbocycles. The molecule has 10 heteroatoms. The molecule has 5 heterocycles. The Morgan fingerprint density at radius 1 is 0.759 bits per heavy atom. The number of nitrogens with zero attached hydrogens (tertiary/aromatic N) is 4. The molecule has 2 aromatic heterocycles. The number of H-pyrrole nitrogens is 2. The summed E-state index contributed by atoms with van der Waals surface area (Å²) in [6, 6.07) is -0.147. The summed E-state index contributed by atoms with van der Waals surface area (Å²) in [6.45, 7) is 18.9. The summed E-state index contributed by atoms with van der Waals surface area (Å²) in [5, 5.41) is 21.2. The third-order valence-electron chi connectivity index (χ3n) is 11.2. The van der Waals surface area contributed by atoms with Crippen molar-refractivity contribution < 1.29 is 19.8 Å². The summed E-state index contributed by atoms with van der Waals surface area (Å²) in [5.74, 6) is 0.244. The van der Waals surface area contributed by atoms with Crippen LogP contribution in [0.3, 0.4) is 0 Å². The number of carbonyl (C=O) groups is 2. The van der Waals surface area contributed by atoms with Crippen molar-refractivity contribution >= 4 is 47.5 Å². The second-order valence-electron chi connectivity index (χ2n) is 14.2. The monoisotopic (exact) mass is 734 g/mol. The Balaban J connectivity index is 1.75. The van der Waals surface area contributed by atoms with Crippen molar-refractivity contribution in [3.05, 3.63) is 90.6 Å². The molecule has 8 bridgehead atoms. The Bertz CT molecular complexity index is 2110. The van der Waals surface area contributed by atoms with Crippen molar-refractivity contribution in [3.63, 3.8) is 0 Å². The molecule has 288 valence electrons. The molecule has 5 rings (SSSR count). The maximum absolute atomic E-state index is 13.3. The second-order valence-corrected chi connectivity index (χ2v) is 14.2. The Morgan fingerprint density at radius 2 is 1.35 bits per heavy atom. The number of allylic oxidation sites excluding steroid dienone is 4. The lowest BCUT2D eigenvalue weighted by molar-refractivity contribution is -0.131. The van der Waals surface area contributed by atoms with E-state index in [1.807, 2.05) is 49.6 Å².